The normalized spacial score (nSPS) is 12.3. The van der Waals surface area contributed by atoms with Gasteiger partial charge < -0.3 is 13.9 Å². The first-order valence-corrected chi connectivity index (χ1v) is 5.71. The fourth-order valence-electron chi connectivity index (χ4n) is 1.35. The summed E-state index contributed by atoms with van der Waals surface area (Å²) < 4.78 is 10.7. The lowest BCUT2D eigenvalue weighted by Crippen LogP contribution is -2.43. The third-order valence-electron chi connectivity index (χ3n) is 2.99. The van der Waals surface area contributed by atoms with Gasteiger partial charge in [-0.15, -0.1) is 10.2 Å². The van der Waals surface area contributed by atoms with Crippen molar-refractivity contribution >= 4 is 0 Å². The van der Waals surface area contributed by atoms with Crippen LogP contribution in [0.1, 0.15) is 19.7 Å². The van der Waals surface area contributed by atoms with Crippen LogP contribution in [0.2, 0.25) is 0 Å². The molecule has 0 saturated heterocycles. The fraction of sp³-hybridized carbons (Fsp3) is 0.500. The van der Waals surface area contributed by atoms with Crippen molar-refractivity contribution in [2.75, 3.05) is 13.7 Å². The Bertz CT molecular complexity index is 490. The number of rotatable bonds is 5. The summed E-state index contributed by atoms with van der Waals surface area (Å²) in [6.45, 7) is 4.41. The van der Waals surface area contributed by atoms with Crippen LogP contribution in [0.25, 0.3) is 11.7 Å². The van der Waals surface area contributed by atoms with E-state index in [1.54, 1.807) is 18.4 Å². The highest BCUT2D eigenvalue weighted by Gasteiger charge is 2.24. The van der Waals surface area contributed by atoms with Gasteiger partial charge in [-0.05, 0) is 33.0 Å². The van der Waals surface area contributed by atoms with Crippen LogP contribution < -0.4 is 0 Å². The van der Waals surface area contributed by atoms with Gasteiger partial charge in [0.25, 0.3) is 5.89 Å². The zero-order valence-corrected chi connectivity index (χ0v) is 10.8. The van der Waals surface area contributed by atoms with E-state index in [1.807, 2.05) is 25.8 Å². The number of aromatic nitrogens is 2. The molecule has 6 heteroatoms. The molecule has 0 saturated carbocycles. The summed E-state index contributed by atoms with van der Waals surface area (Å²) in [6.07, 6.45) is 1.56. The Balaban J connectivity index is 2.08. The Morgan fingerprint density at radius 1 is 1.39 bits per heavy atom. The first kappa shape index (κ1) is 12.8. The molecule has 1 N–H and O–H groups in total. The molecule has 18 heavy (non-hydrogen) atoms. The van der Waals surface area contributed by atoms with Crippen molar-refractivity contribution in [1.29, 1.82) is 0 Å². The molecule has 0 radical (unpaired) electrons. The number of hydrogen-bond acceptors (Lipinski definition) is 6. The molecular formula is C12H17N3O3. The van der Waals surface area contributed by atoms with Crippen LogP contribution in [0.3, 0.4) is 0 Å². The van der Waals surface area contributed by atoms with E-state index in [2.05, 4.69) is 10.2 Å². The maximum atomic E-state index is 9.27. The summed E-state index contributed by atoms with van der Waals surface area (Å²) >= 11 is 0. The van der Waals surface area contributed by atoms with E-state index >= 15 is 0 Å². The van der Waals surface area contributed by atoms with Crippen LogP contribution >= 0.6 is 0 Å². The summed E-state index contributed by atoms with van der Waals surface area (Å²) in [5.41, 5.74) is -0.334. The highest BCUT2D eigenvalue weighted by atomic mass is 16.4. The molecule has 0 aliphatic rings. The molecule has 0 amide bonds. The van der Waals surface area contributed by atoms with E-state index in [-0.39, 0.29) is 12.1 Å². The molecule has 6 nitrogen and oxygen atoms in total. The van der Waals surface area contributed by atoms with Crippen LogP contribution in [0.15, 0.2) is 27.2 Å². The molecule has 0 atom stereocenters. The average molecular weight is 251 g/mol. The Kier molecular flexibility index (Phi) is 3.49. The predicted octanol–water partition coefficient (Wildman–Crippen LogP) is 1.53. The minimum Gasteiger partial charge on any atom is -0.459 e. The number of nitrogens with zero attached hydrogens (tertiary/aromatic N) is 3. The summed E-state index contributed by atoms with van der Waals surface area (Å²) in [7, 11) is 1.90. The van der Waals surface area contributed by atoms with Gasteiger partial charge in [-0.1, -0.05) is 0 Å². The van der Waals surface area contributed by atoms with Gasteiger partial charge >= 0.3 is 0 Å². The number of aliphatic hydroxyl groups is 1. The van der Waals surface area contributed by atoms with E-state index in [0.717, 1.165) is 0 Å². The van der Waals surface area contributed by atoms with E-state index in [0.29, 0.717) is 24.1 Å². The summed E-state index contributed by atoms with van der Waals surface area (Å²) in [5.74, 6) is 1.41. The van der Waals surface area contributed by atoms with Crippen molar-refractivity contribution in [3.8, 4) is 11.7 Å². The van der Waals surface area contributed by atoms with Gasteiger partial charge in [-0.3, -0.25) is 4.90 Å². The highest BCUT2D eigenvalue weighted by Crippen LogP contribution is 2.20. The molecular weight excluding hydrogens is 234 g/mol. The maximum absolute atomic E-state index is 9.27. The van der Waals surface area contributed by atoms with E-state index in [4.69, 9.17) is 8.83 Å². The molecule has 2 rings (SSSR count). The lowest BCUT2D eigenvalue weighted by Gasteiger charge is -2.32. The zero-order chi connectivity index (χ0) is 13.2. The fourth-order valence-corrected chi connectivity index (χ4v) is 1.35. The van der Waals surface area contributed by atoms with E-state index in [9.17, 15) is 5.11 Å². The van der Waals surface area contributed by atoms with Crippen molar-refractivity contribution in [2.24, 2.45) is 0 Å². The van der Waals surface area contributed by atoms with Gasteiger partial charge in [0.15, 0.2) is 5.76 Å². The van der Waals surface area contributed by atoms with Crippen molar-refractivity contribution in [2.45, 2.75) is 25.9 Å². The highest BCUT2D eigenvalue weighted by molar-refractivity contribution is 5.42. The van der Waals surface area contributed by atoms with Gasteiger partial charge in [-0.2, -0.15) is 0 Å². The summed E-state index contributed by atoms with van der Waals surface area (Å²) in [6, 6.07) is 3.53. The van der Waals surface area contributed by atoms with Crippen LogP contribution in [0, 0.1) is 0 Å². The van der Waals surface area contributed by atoms with Gasteiger partial charge in [0.1, 0.15) is 0 Å². The molecule has 0 aromatic carbocycles. The molecule has 2 aromatic rings. The molecule has 0 aliphatic heterocycles. The summed E-state index contributed by atoms with van der Waals surface area (Å²) in [4.78, 5) is 1.95. The monoisotopic (exact) mass is 251 g/mol. The standard InChI is InChI=1S/C12H17N3O3/c1-12(2,8-16)15(3)7-10-13-14-11(18-10)9-5-4-6-17-9/h4-6,16H,7-8H2,1-3H3. The SMILES string of the molecule is CN(Cc1nnc(-c2ccco2)o1)C(C)(C)CO. The Morgan fingerprint density at radius 3 is 2.78 bits per heavy atom. The van der Waals surface area contributed by atoms with Gasteiger partial charge in [0, 0.05) is 5.54 Å². The quantitative estimate of drug-likeness (QED) is 0.868. The van der Waals surface area contributed by atoms with Crippen molar-refractivity contribution in [3.63, 3.8) is 0 Å². The van der Waals surface area contributed by atoms with Gasteiger partial charge in [0.2, 0.25) is 5.89 Å². The molecule has 0 fully saturated rings. The minimum atomic E-state index is -0.334. The van der Waals surface area contributed by atoms with Crippen LogP contribution in [-0.2, 0) is 6.54 Å². The first-order valence-electron chi connectivity index (χ1n) is 5.71. The van der Waals surface area contributed by atoms with Gasteiger partial charge in [-0.25, -0.2) is 0 Å². The number of furan rings is 1. The largest absolute Gasteiger partial charge is 0.459 e. The molecule has 0 spiro atoms. The van der Waals surface area contributed by atoms with Crippen LogP contribution in [0.4, 0.5) is 0 Å². The second-order valence-corrected chi connectivity index (χ2v) is 4.80. The zero-order valence-electron chi connectivity index (χ0n) is 10.8. The lowest BCUT2D eigenvalue weighted by molar-refractivity contribution is 0.0669. The van der Waals surface area contributed by atoms with Crippen molar-refractivity contribution in [1.82, 2.24) is 15.1 Å². The van der Waals surface area contributed by atoms with Crippen LogP contribution in [0.5, 0.6) is 0 Å². The summed E-state index contributed by atoms with van der Waals surface area (Å²) in [5, 5.41) is 17.2. The molecule has 0 aliphatic carbocycles. The maximum Gasteiger partial charge on any atom is 0.283 e. The molecule has 0 unspecified atom stereocenters. The molecule has 0 bridgehead atoms. The predicted molar refractivity (Wildman–Crippen MR) is 64.6 cm³/mol. The average Bonchev–Trinajstić information content (AvgIpc) is 2.98. The van der Waals surface area contributed by atoms with Crippen molar-refractivity contribution < 1.29 is 13.9 Å². The first-order chi connectivity index (χ1) is 8.53. The molecule has 2 heterocycles. The second-order valence-electron chi connectivity index (χ2n) is 4.80. The van der Waals surface area contributed by atoms with Gasteiger partial charge in [0.05, 0.1) is 19.4 Å². The topological polar surface area (TPSA) is 75.5 Å². The lowest BCUT2D eigenvalue weighted by atomic mass is 10.1. The second kappa shape index (κ2) is 4.91. The molecule has 2 aromatic heterocycles. The Hall–Kier alpha value is -1.66. The number of likely N-dealkylation sites (N-methyl/N-ethyl adjacent to an activating group) is 1. The van der Waals surface area contributed by atoms with E-state index in [1.165, 1.54) is 0 Å². The Morgan fingerprint density at radius 2 is 2.17 bits per heavy atom. The smallest absolute Gasteiger partial charge is 0.283 e. The Labute approximate surface area is 105 Å². The number of aliphatic hydroxyl groups excluding tert-OH is 1. The minimum absolute atomic E-state index is 0.0582. The number of hydrogen-bond donors (Lipinski definition) is 1. The van der Waals surface area contributed by atoms with Crippen molar-refractivity contribution in [3.05, 3.63) is 24.3 Å². The van der Waals surface area contributed by atoms with E-state index < -0.39 is 0 Å². The van der Waals surface area contributed by atoms with Crippen LogP contribution in [-0.4, -0.2) is 39.4 Å². The third-order valence-corrected chi connectivity index (χ3v) is 2.99. The molecule has 98 valence electrons. The third kappa shape index (κ3) is 2.60.